The molecule has 1 N–H and O–H groups in total. The van der Waals surface area contributed by atoms with E-state index in [1.807, 2.05) is 19.2 Å². The minimum atomic E-state index is -0.225. The third kappa shape index (κ3) is 2.68. The molecule has 0 spiro atoms. The Bertz CT molecular complexity index is 773. The molecule has 2 aromatic heterocycles. The van der Waals surface area contributed by atoms with Crippen LogP contribution in [0, 0.1) is 5.41 Å². The minimum Gasteiger partial charge on any atom is -0.346 e. The molecule has 1 atom stereocenters. The van der Waals surface area contributed by atoms with Gasteiger partial charge in [0.25, 0.3) is 0 Å². The van der Waals surface area contributed by atoms with Crippen LogP contribution in [0.4, 0.5) is 4.39 Å². The monoisotopic (exact) mass is 319 g/mol. The van der Waals surface area contributed by atoms with Crippen molar-refractivity contribution in [2.75, 3.05) is 0 Å². The van der Waals surface area contributed by atoms with Crippen LogP contribution in [0.5, 0.6) is 0 Å². The summed E-state index contributed by atoms with van der Waals surface area (Å²) in [5.74, 6) is -0.225. The van der Waals surface area contributed by atoms with Crippen molar-refractivity contribution < 1.29 is 4.39 Å². The molecule has 0 saturated heterocycles. The van der Waals surface area contributed by atoms with Crippen molar-refractivity contribution in [3.8, 4) is 0 Å². The number of pyridine rings is 1. The summed E-state index contributed by atoms with van der Waals surface area (Å²) in [7, 11) is 0. The number of fused-ring (bicyclic) bond motifs is 1. The molecule has 22 heavy (non-hydrogen) atoms. The van der Waals surface area contributed by atoms with Gasteiger partial charge in [0, 0.05) is 23.3 Å². The lowest BCUT2D eigenvalue weighted by Crippen LogP contribution is -2.22. The molecular formula is C17H19ClFN3. The molecule has 116 valence electrons. The van der Waals surface area contributed by atoms with Gasteiger partial charge in [0.05, 0.1) is 17.3 Å². The molecule has 0 bridgehead atoms. The van der Waals surface area contributed by atoms with Crippen LogP contribution in [-0.2, 0) is 0 Å². The Balaban J connectivity index is 2.14. The highest BCUT2D eigenvalue weighted by atomic mass is 35.5. The van der Waals surface area contributed by atoms with Crippen LogP contribution in [0.15, 0.2) is 34.9 Å². The molecule has 1 aliphatic rings. The zero-order chi connectivity index (χ0) is 15.9. The molecule has 0 amide bonds. The highest BCUT2D eigenvalue weighted by Gasteiger charge is 2.33. The van der Waals surface area contributed by atoms with E-state index in [9.17, 15) is 4.39 Å². The number of rotatable bonds is 1. The Morgan fingerprint density at radius 1 is 1.41 bits per heavy atom. The number of aromatic nitrogens is 2. The van der Waals surface area contributed by atoms with Gasteiger partial charge < -0.3 is 4.98 Å². The molecule has 1 unspecified atom stereocenters. The third-order valence-electron chi connectivity index (χ3n) is 4.45. The van der Waals surface area contributed by atoms with E-state index in [4.69, 9.17) is 11.6 Å². The van der Waals surface area contributed by atoms with Gasteiger partial charge in [0.15, 0.2) is 0 Å². The van der Waals surface area contributed by atoms with E-state index in [0.29, 0.717) is 5.02 Å². The maximum atomic E-state index is 14.0. The predicted octanol–water partition coefficient (Wildman–Crippen LogP) is 5.39. The van der Waals surface area contributed by atoms with Gasteiger partial charge in [-0.2, -0.15) is 0 Å². The molecule has 3 nitrogen and oxygen atoms in total. The van der Waals surface area contributed by atoms with E-state index in [2.05, 4.69) is 28.8 Å². The number of halogens is 2. The average Bonchev–Trinajstić information content (AvgIpc) is 2.86. The lowest BCUT2D eigenvalue weighted by atomic mass is 9.76. The Kier molecular flexibility index (Phi) is 3.81. The summed E-state index contributed by atoms with van der Waals surface area (Å²) in [5.41, 5.74) is 2.47. The van der Waals surface area contributed by atoms with Crippen molar-refractivity contribution in [2.45, 2.75) is 39.7 Å². The summed E-state index contributed by atoms with van der Waals surface area (Å²) in [5, 5.41) is 1.53. The van der Waals surface area contributed by atoms with Crippen LogP contribution in [0.2, 0.25) is 5.02 Å². The lowest BCUT2D eigenvalue weighted by molar-refractivity contribution is 0.267. The van der Waals surface area contributed by atoms with Gasteiger partial charge in [-0.15, -0.1) is 0 Å². The van der Waals surface area contributed by atoms with Crippen molar-refractivity contribution in [2.24, 2.45) is 10.4 Å². The fourth-order valence-electron chi connectivity index (χ4n) is 2.94. The van der Waals surface area contributed by atoms with Crippen molar-refractivity contribution in [1.29, 1.82) is 0 Å². The van der Waals surface area contributed by atoms with E-state index in [0.717, 1.165) is 35.0 Å². The van der Waals surface area contributed by atoms with E-state index < -0.39 is 0 Å². The maximum Gasteiger partial charge on any atom is 0.139 e. The first-order valence-corrected chi connectivity index (χ1v) is 7.77. The fraction of sp³-hybridized carbons (Fsp3) is 0.412. The molecule has 0 fully saturated rings. The van der Waals surface area contributed by atoms with Crippen molar-refractivity contribution >= 4 is 28.8 Å². The smallest absolute Gasteiger partial charge is 0.139 e. The highest BCUT2D eigenvalue weighted by molar-refractivity contribution is 6.31. The number of hydrogen-bond donors (Lipinski definition) is 1. The van der Waals surface area contributed by atoms with Crippen LogP contribution >= 0.6 is 11.6 Å². The molecule has 0 aromatic carbocycles. The zero-order valence-electron chi connectivity index (χ0n) is 13.0. The number of H-pyrrole nitrogens is 1. The summed E-state index contributed by atoms with van der Waals surface area (Å²) in [6.07, 6.45) is 6.49. The molecular weight excluding hydrogens is 301 g/mol. The normalized spacial score (nSPS) is 26.7. The molecule has 3 rings (SSSR count). The summed E-state index contributed by atoms with van der Waals surface area (Å²) in [4.78, 5) is 12.0. The Morgan fingerprint density at radius 2 is 2.18 bits per heavy atom. The van der Waals surface area contributed by atoms with Crippen molar-refractivity contribution in [3.63, 3.8) is 0 Å². The maximum absolute atomic E-state index is 14.0. The van der Waals surface area contributed by atoms with E-state index in [-0.39, 0.29) is 17.3 Å². The average molecular weight is 320 g/mol. The van der Waals surface area contributed by atoms with Crippen LogP contribution in [0.1, 0.15) is 45.2 Å². The molecule has 0 saturated carbocycles. The van der Waals surface area contributed by atoms with Crippen LogP contribution in [0.3, 0.4) is 0 Å². The molecule has 3 heterocycles. The number of aromatic amines is 1. The second-order valence-electron chi connectivity index (χ2n) is 6.59. The van der Waals surface area contributed by atoms with E-state index in [1.165, 1.54) is 6.21 Å². The lowest BCUT2D eigenvalue weighted by Gasteiger charge is -2.33. The molecule has 0 radical (unpaired) electrons. The number of nitrogens with zero attached hydrogens (tertiary/aromatic N) is 2. The second-order valence-corrected chi connectivity index (χ2v) is 7.03. The Morgan fingerprint density at radius 3 is 2.95 bits per heavy atom. The first-order chi connectivity index (χ1) is 10.4. The Labute approximate surface area is 134 Å². The summed E-state index contributed by atoms with van der Waals surface area (Å²) in [6.45, 7) is 6.16. The number of nitrogens with one attached hydrogen (secondary N) is 1. The van der Waals surface area contributed by atoms with Crippen molar-refractivity contribution in [1.82, 2.24) is 9.97 Å². The largest absolute Gasteiger partial charge is 0.346 e. The summed E-state index contributed by atoms with van der Waals surface area (Å²) in [6, 6.07) is 1.75. The standard InChI is InChI=1S/C17H19ClFN3/c1-10-4-5-17(2,3)15(20-9-14(10)19)13-8-22-16-12(13)6-11(18)7-21-16/h6-9,15H,4-5H2,1-3H3,(H,21,22)/b14-10+,20-9-. The zero-order valence-corrected chi connectivity index (χ0v) is 13.7. The van der Waals surface area contributed by atoms with Gasteiger partial charge in [0.2, 0.25) is 0 Å². The first kappa shape index (κ1) is 15.2. The van der Waals surface area contributed by atoms with E-state index >= 15 is 0 Å². The quantitative estimate of drug-likeness (QED) is 0.752. The number of aliphatic imine (C=N–C) groups is 1. The number of hydrogen-bond acceptors (Lipinski definition) is 2. The van der Waals surface area contributed by atoms with E-state index in [1.54, 1.807) is 6.20 Å². The Hall–Kier alpha value is -1.68. The molecule has 1 aliphatic heterocycles. The summed E-state index contributed by atoms with van der Waals surface area (Å²) >= 11 is 6.08. The van der Waals surface area contributed by atoms with Gasteiger partial charge in [0.1, 0.15) is 11.5 Å². The van der Waals surface area contributed by atoms with Gasteiger partial charge >= 0.3 is 0 Å². The van der Waals surface area contributed by atoms with Crippen LogP contribution in [0.25, 0.3) is 11.0 Å². The van der Waals surface area contributed by atoms with Crippen LogP contribution < -0.4 is 0 Å². The van der Waals surface area contributed by atoms with Gasteiger partial charge in [-0.05, 0) is 36.8 Å². The second kappa shape index (κ2) is 5.51. The van der Waals surface area contributed by atoms with Gasteiger partial charge in [-0.1, -0.05) is 25.4 Å². The number of allylic oxidation sites excluding steroid dienone is 2. The fourth-order valence-corrected chi connectivity index (χ4v) is 3.10. The first-order valence-electron chi connectivity index (χ1n) is 7.39. The third-order valence-corrected chi connectivity index (χ3v) is 4.66. The molecule has 0 aliphatic carbocycles. The SMILES string of the molecule is C/C1=C(F)/C=N\C(c2c[nH]c3ncc(Cl)cc23)C(C)(C)CC1. The van der Waals surface area contributed by atoms with Gasteiger partial charge in [-0.3, -0.25) is 4.99 Å². The van der Waals surface area contributed by atoms with Crippen molar-refractivity contribution in [3.05, 3.63) is 40.4 Å². The molecule has 2 aromatic rings. The highest BCUT2D eigenvalue weighted by Crippen LogP contribution is 2.44. The van der Waals surface area contributed by atoms with Gasteiger partial charge in [-0.25, -0.2) is 9.37 Å². The molecule has 5 heteroatoms. The topological polar surface area (TPSA) is 41.0 Å². The minimum absolute atomic E-state index is 0.0874. The predicted molar refractivity (Wildman–Crippen MR) is 89.2 cm³/mol. The van der Waals surface area contributed by atoms with Crippen LogP contribution in [-0.4, -0.2) is 16.2 Å². The summed E-state index contributed by atoms with van der Waals surface area (Å²) < 4.78 is 14.0.